The van der Waals surface area contributed by atoms with E-state index in [1.54, 1.807) is 6.92 Å². The predicted molar refractivity (Wildman–Crippen MR) is 74.0 cm³/mol. The summed E-state index contributed by atoms with van der Waals surface area (Å²) in [6, 6.07) is 6.00. The van der Waals surface area contributed by atoms with Gasteiger partial charge in [-0.05, 0) is 37.6 Å². The molecule has 0 saturated carbocycles. The van der Waals surface area contributed by atoms with E-state index in [4.69, 9.17) is 10.4 Å². The Kier molecular flexibility index (Phi) is 5.06. The Morgan fingerprint density at radius 1 is 1.48 bits per heavy atom. The molecule has 7 nitrogen and oxygen atoms in total. The minimum atomic E-state index is -3.90. The van der Waals surface area contributed by atoms with Crippen molar-refractivity contribution >= 4 is 16.0 Å². The second kappa shape index (κ2) is 6.22. The lowest BCUT2D eigenvalue weighted by Gasteiger charge is -2.21. The van der Waals surface area contributed by atoms with Gasteiger partial charge in [0.05, 0.1) is 28.6 Å². The van der Waals surface area contributed by atoms with Gasteiger partial charge in [-0.1, -0.05) is 0 Å². The number of nitrogens with one attached hydrogen (secondary N) is 1. The normalized spacial score (nSPS) is 14.2. The molecular formula is C13H16N2O5S. The van der Waals surface area contributed by atoms with Gasteiger partial charge in [0.2, 0.25) is 10.0 Å². The van der Waals surface area contributed by atoms with E-state index in [1.807, 2.05) is 6.07 Å². The second-order valence-corrected chi connectivity index (χ2v) is 6.72. The molecule has 8 heteroatoms. The van der Waals surface area contributed by atoms with Crippen LogP contribution in [0.4, 0.5) is 0 Å². The third-order valence-corrected chi connectivity index (χ3v) is 4.33. The molecule has 1 aromatic rings. The summed E-state index contributed by atoms with van der Waals surface area (Å²) in [5, 5.41) is 27.2. The van der Waals surface area contributed by atoms with Gasteiger partial charge in [0.15, 0.2) is 0 Å². The van der Waals surface area contributed by atoms with Crippen molar-refractivity contribution in [1.29, 1.82) is 5.26 Å². The fourth-order valence-electron chi connectivity index (χ4n) is 1.74. The number of rotatable bonds is 6. The number of hydrogen-bond acceptors (Lipinski definition) is 5. The Balaban J connectivity index is 2.93. The van der Waals surface area contributed by atoms with Crippen LogP contribution in [0.3, 0.4) is 0 Å². The quantitative estimate of drug-likeness (QED) is 0.696. The van der Waals surface area contributed by atoms with E-state index < -0.39 is 34.6 Å². The van der Waals surface area contributed by atoms with Crippen molar-refractivity contribution in [3.05, 3.63) is 29.3 Å². The van der Waals surface area contributed by atoms with E-state index in [9.17, 15) is 18.3 Å². The van der Waals surface area contributed by atoms with E-state index in [-0.39, 0.29) is 4.90 Å². The molecule has 0 amide bonds. The molecule has 0 fully saturated rings. The number of carboxylic acid groups (broad SMARTS) is 1. The highest BCUT2D eigenvalue weighted by Gasteiger charge is 2.27. The molecule has 0 aliphatic rings. The Bertz CT molecular complexity index is 689. The van der Waals surface area contributed by atoms with Crippen LogP contribution in [0.2, 0.25) is 0 Å². The molecule has 0 aromatic heterocycles. The number of hydrogen-bond donors (Lipinski definition) is 3. The van der Waals surface area contributed by atoms with Crippen LogP contribution >= 0.6 is 0 Å². The van der Waals surface area contributed by atoms with Gasteiger partial charge >= 0.3 is 5.97 Å². The largest absolute Gasteiger partial charge is 0.481 e. The summed E-state index contributed by atoms with van der Waals surface area (Å²) < 4.78 is 26.4. The van der Waals surface area contributed by atoms with E-state index >= 15 is 0 Å². The average Bonchev–Trinajstić information content (AvgIpc) is 2.34. The molecule has 3 N–H and O–H groups in total. The first-order valence-electron chi connectivity index (χ1n) is 6.02. The summed E-state index contributed by atoms with van der Waals surface area (Å²) >= 11 is 0. The first kappa shape index (κ1) is 17.1. The SMILES string of the molecule is Cc1cc(C#N)ccc1S(=O)(=O)NCC(C)(O)CC(=O)O. The number of carbonyl (C=O) groups is 1. The lowest BCUT2D eigenvalue weighted by atomic mass is 10.0. The van der Waals surface area contributed by atoms with Crippen molar-refractivity contribution < 1.29 is 23.4 Å². The Morgan fingerprint density at radius 2 is 2.10 bits per heavy atom. The zero-order chi connectivity index (χ0) is 16.3. The van der Waals surface area contributed by atoms with E-state index in [0.29, 0.717) is 11.1 Å². The smallest absolute Gasteiger partial charge is 0.306 e. The summed E-state index contributed by atoms with van der Waals surface area (Å²) in [4.78, 5) is 10.5. The average molecular weight is 312 g/mol. The molecule has 0 bridgehead atoms. The first-order valence-corrected chi connectivity index (χ1v) is 7.50. The lowest BCUT2D eigenvalue weighted by molar-refractivity contribution is -0.141. The monoisotopic (exact) mass is 312 g/mol. The standard InChI is InChI=1S/C13H16N2O5S/c1-9-5-10(7-14)3-4-11(9)21(19,20)15-8-13(2,18)6-12(16)17/h3-5,15,18H,6,8H2,1-2H3,(H,16,17). The van der Waals surface area contributed by atoms with Crippen molar-refractivity contribution in [3.63, 3.8) is 0 Å². The topological polar surface area (TPSA) is 127 Å². The first-order chi connectivity index (χ1) is 9.57. The second-order valence-electron chi connectivity index (χ2n) is 4.98. The molecular weight excluding hydrogens is 296 g/mol. The fraction of sp³-hybridized carbons (Fsp3) is 0.385. The Morgan fingerprint density at radius 3 is 2.57 bits per heavy atom. The van der Waals surface area contributed by atoms with Gasteiger partial charge in [0, 0.05) is 6.54 Å². The molecule has 1 rings (SSSR count). The number of sulfonamides is 1. The summed E-state index contributed by atoms with van der Waals surface area (Å²) in [6.07, 6.45) is -0.581. The van der Waals surface area contributed by atoms with Crippen LogP contribution in [-0.4, -0.2) is 36.7 Å². The van der Waals surface area contributed by atoms with Crippen molar-refractivity contribution in [2.75, 3.05) is 6.54 Å². The van der Waals surface area contributed by atoms with Gasteiger partial charge in [-0.3, -0.25) is 4.79 Å². The van der Waals surface area contributed by atoms with Crippen LogP contribution in [0, 0.1) is 18.3 Å². The van der Waals surface area contributed by atoms with Crippen LogP contribution in [0.25, 0.3) is 0 Å². The van der Waals surface area contributed by atoms with Gasteiger partial charge in [0.1, 0.15) is 0 Å². The van der Waals surface area contributed by atoms with Crippen molar-refractivity contribution in [1.82, 2.24) is 4.72 Å². The molecule has 0 aliphatic carbocycles. The highest BCUT2D eigenvalue weighted by molar-refractivity contribution is 7.89. The summed E-state index contributed by atoms with van der Waals surface area (Å²) in [6.45, 7) is 2.35. The molecule has 1 atom stereocenters. The van der Waals surface area contributed by atoms with Crippen molar-refractivity contribution in [2.45, 2.75) is 30.8 Å². The van der Waals surface area contributed by atoms with Gasteiger partial charge < -0.3 is 10.2 Å². The van der Waals surface area contributed by atoms with E-state index in [0.717, 1.165) is 0 Å². The predicted octanol–water partition coefficient (Wildman–Crippen LogP) is 0.371. The van der Waals surface area contributed by atoms with Gasteiger partial charge in [-0.25, -0.2) is 13.1 Å². The van der Waals surface area contributed by atoms with Crippen molar-refractivity contribution in [2.24, 2.45) is 0 Å². The summed E-state index contributed by atoms with van der Waals surface area (Å²) in [7, 11) is -3.90. The Hall–Kier alpha value is -1.95. The number of aryl methyl sites for hydroxylation is 1. The fourth-order valence-corrected chi connectivity index (χ4v) is 3.12. The van der Waals surface area contributed by atoms with Gasteiger partial charge in [-0.2, -0.15) is 5.26 Å². The highest BCUT2D eigenvalue weighted by Crippen LogP contribution is 2.17. The number of benzene rings is 1. The molecule has 0 aliphatic heterocycles. The molecule has 0 heterocycles. The number of nitrogens with zero attached hydrogens (tertiary/aromatic N) is 1. The van der Waals surface area contributed by atoms with Gasteiger partial charge in [-0.15, -0.1) is 0 Å². The molecule has 0 spiro atoms. The van der Waals surface area contributed by atoms with Crippen LogP contribution in [0.15, 0.2) is 23.1 Å². The Labute approximate surface area is 122 Å². The maximum absolute atomic E-state index is 12.1. The maximum Gasteiger partial charge on any atom is 0.306 e. The molecule has 1 aromatic carbocycles. The molecule has 0 saturated heterocycles. The maximum atomic E-state index is 12.1. The summed E-state index contributed by atoms with van der Waals surface area (Å²) in [5.74, 6) is -1.23. The van der Waals surface area contributed by atoms with E-state index in [2.05, 4.69) is 4.72 Å². The molecule has 114 valence electrons. The van der Waals surface area contributed by atoms with E-state index in [1.165, 1.54) is 25.1 Å². The van der Waals surface area contributed by atoms with Crippen LogP contribution in [-0.2, 0) is 14.8 Å². The van der Waals surface area contributed by atoms with Gasteiger partial charge in [0.25, 0.3) is 0 Å². The van der Waals surface area contributed by atoms with Crippen LogP contribution in [0.1, 0.15) is 24.5 Å². The number of nitriles is 1. The minimum absolute atomic E-state index is 0.0207. The molecule has 21 heavy (non-hydrogen) atoms. The van der Waals surface area contributed by atoms with Crippen LogP contribution in [0.5, 0.6) is 0 Å². The lowest BCUT2D eigenvalue weighted by Crippen LogP contribution is -2.42. The number of aliphatic hydroxyl groups is 1. The third kappa shape index (κ3) is 4.82. The van der Waals surface area contributed by atoms with Crippen molar-refractivity contribution in [3.8, 4) is 6.07 Å². The minimum Gasteiger partial charge on any atom is -0.481 e. The molecule has 0 radical (unpaired) electrons. The van der Waals surface area contributed by atoms with Crippen LogP contribution < -0.4 is 4.72 Å². The third-order valence-electron chi connectivity index (χ3n) is 2.77. The molecule has 1 unspecified atom stereocenters. The number of aliphatic carboxylic acids is 1. The highest BCUT2D eigenvalue weighted by atomic mass is 32.2. The zero-order valence-electron chi connectivity index (χ0n) is 11.6. The number of carboxylic acids is 1. The summed E-state index contributed by atoms with van der Waals surface area (Å²) in [5.41, 5.74) is -0.969. The zero-order valence-corrected chi connectivity index (χ0v) is 12.4.